The van der Waals surface area contributed by atoms with Gasteiger partial charge in [-0.1, -0.05) is 159 Å². The maximum Gasteiger partial charge on any atom is 0.137 e. The Hall–Kier alpha value is -6.64. The van der Waals surface area contributed by atoms with E-state index in [0.29, 0.717) is 0 Å². The van der Waals surface area contributed by atoms with Crippen molar-refractivity contribution in [2.24, 2.45) is 0 Å². The first-order valence-corrected chi connectivity index (χ1v) is 18.3. The molecular formula is C51H37NO. The number of fused-ring (bicyclic) bond motifs is 6. The molecule has 0 bridgehead atoms. The van der Waals surface area contributed by atoms with Crippen LogP contribution in [0, 0.1) is 0 Å². The lowest BCUT2D eigenvalue weighted by atomic mass is 9.82. The lowest BCUT2D eigenvalue weighted by Crippen LogP contribution is -2.16. The first kappa shape index (κ1) is 31.1. The number of rotatable bonds is 6. The number of anilines is 3. The second-order valence-corrected chi connectivity index (χ2v) is 14.5. The molecule has 0 saturated heterocycles. The van der Waals surface area contributed by atoms with Gasteiger partial charge in [0.15, 0.2) is 0 Å². The van der Waals surface area contributed by atoms with E-state index in [1.165, 1.54) is 50.1 Å². The molecular weight excluding hydrogens is 643 g/mol. The van der Waals surface area contributed by atoms with E-state index in [2.05, 4.69) is 207 Å². The van der Waals surface area contributed by atoms with Crippen LogP contribution in [0.1, 0.15) is 25.0 Å². The predicted molar refractivity (Wildman–Crippen MR) is 222 cm³/mol. The fourth-order valence-corrected chi connectivity index (χ4v) is 8.38. The Balaban J connectivity index is 1.20. The molecule has 0 aliphatic heterocycles. The summed E-state index contributed by atoms with van der Waals surface area (Å²) in [5.74, 6) is 0. The van der Waals surface area contributed by atoms with Gasteiger partial charge < -0.3 is 9.32 Å². The monoisotopic (exact) mass is 679 g/mol. The topological polar surface area (TPSA) is 16.4 Å². The molecule has 0 fully saturated rings. The predicted octanol–water partition coefficient (Wildman–Crippen LogP) is 14.4. The van der Waals surface area contributed by atoms with Crippen molar-refractivity contribution in [2.45, 2.75) is 19.3 Å². The van der Waals surface area contributed by atoms with Crippen molar-refractivity contribution in [1.82, 2.24) is 0 Å². The molecule has 2 heteroatoms. The number of benzene rings is 8. The Morgan fingerprint density at radius 1 is 0.415 bits per heavy atom. The van der Waals surface area contributed by atoms with Gasteiger partial charge in [0.1, 0.15) is 11.2 Å². The third kappa shape index (κ3) is 5.10. The number of hydrogen-bond donors (Lipinski definition) is 0. The summed E-state index contributed by atoms with van der Waals surface area (Å²) in [7, 11) is 0. The average molecular weight is 680 g/mol. The van der Waals surface area contributed by atoms with Gasteiger partial charge in [-0.25, -0.2) is 0 Å². The maximum atomic E-state index is 6.89. The van der Waals surface area contributed by atoms with E-state index in [1.807, 2.05) is 0 Å². The van der Waals surface area contributed by atoms with E-state index in [9.17, 15) is 0 Å². The Kier molecular flexibility index (Phi) is 7.19. The first-order chi connectivity index (χ1) is 26.0. The van der Waals surface area contributed by atoms with Gasteiger partial charge in [-0.05, 0) is 92.5 Å². The van der Waals surface area contributed by atoms with E-state index < -0.39 is 0 Å². The molecule has 1 heterocycles. The highest BCUT2D eigenvalue weighted by molar-refractivity contribution is 6.19. The minimum absolute atomic E-state index is 0.207. The fraction of sp³-hybridized carbons (Fsp3) is 0.0588. The van der Waals surface area contributed by atoms with E-state index >= 15 is 0 Å². The lowest BCUT2D eigenvalue weighted by molar-refractivity contribution is 0.647. The fourth-order valence-electron chi connectivity index (χ4n) is 8.38. The van der Waals surface area contributed by atoms with Crippen LogP contribution in [0.5, 0.6) is 0 Å². The molecule has 10 rings (SSSR count). The third-order valence-corrected chi connectivity index (χ3v) is 11.1. The Bertz CT molecular complexity index is 2760. The summed E-state index contributed by atoms with van der Waals surface area (Å²) < 4.78 is 6.89. The molecule has 0 unspecified atom stereocenters. The van der Waals surface area contributed by atoms with Crippen molar-refractivity contribution < 1.29 is 4.42 Å². The SMILES string of the molecule is CC1(C)c2ccccc2-c2c1cc1oc3cc(-c4ccccc4)ccc3c1c2N(c1ccccc1)c1ccc(-c2ccc(-c3ccccc3)cc2)cc1. The third-order valence-electron chi connectivity index (χ3n) is 11.1. The molecule has 1 aliphatic carbocycles. The molecule has 0 amide bonds. The van der Waals surface area contributed by atoms with Gasteiger partial charge >= 0.3 is 0 Å². The average Bonchev–Trinajstić information content (AvgIpc) is 3.70. The number of furan rings is 1. The Morgan fingerprint density at radius 2 is 0.906 bits per heavy atom. The molecule has 252 valence electrons. The summed E-state index contributed by atoms with van der Waals surface area (Å²) in [5, 5.41) is 2.23. The molecule has 1 aliphatic rings. The lowest BCUT2D eigenvalue weighted by Gasteiger charge is -2.30. The van der Waals surface area contributed by atoms with Crippen LogP contribution >= 0.6 is 0 Å². The van der Waals surface area contributed by atoms with Crippen molar-refractivity contribution >= 4 is 39.0 Å². The van der Waals surface area contributed by atoms with E-state index in [4.69, 9.17) is 4.42 Å². The van der Waals surface area contributed by atoms with Crippen molar-refractivity contribution in [3.8, 4) is 44.5 Å². The largest absolute Gasteiger partial charge is 0.456 e. The normalized spacial score (nSPS) is 12.9. The van der Waals surface area contributed by atoms with E-state index in [0.717, 1.165) is 44.6 Å². The molecule has 8 aromatic carbocycles. The Morgan fingerprint density at radius 3 is 1.55 bits per heavy atom. The van der Waals surface area contributed by atoms with Crippen molar-refractivity contribution in [3.05, 3.63) is 199 Å². The highest BCUT2D eigenvalue weighted by atomic mass is 16.3. The summed E-state index contributed by atoms with van der Waals surface area (Å²) in [6.07, 6.45) is 0. The smallest absolute Gasteiger partial charge is 0.137 e. The summed E-state index contributed by atoms with van der Waals surface area (Å²) in [6, 6.07) is 67.6. The summed E-state index contributed by atoms with van der Waals surface area (Å²) >= 11 is 0. The van der Waals surface area contributed by atoms with Gasteiger partial charge in [-0.3, -0.25) is 0 Å². The minimum Gasteiger partial charge on any atom is -0.456 e. The standard InChI is InChI=1S/C51H37NO/c1-51(2)44-21-13-12-20-42(44)48-45(51)33-47-49(43-31-28-39(32-46(43)53-47)35-16-8-4-9-17-35)50(48)52(40-18-10-5-11-19-40)41-29-26-38(27-30-41)37-24-22-36(23-25-37)34-14-6-3-7-15-34/h3-33H,1-2H3. The van der Waals surface area contributed by atoms with Crippen LogP contribution in [0.15, 0.2) is 192 Å². The van der Waals surface area contributed by atoms with Crippen LogP contribution in [0.2, 0.25) is 0 Å². The van der Waals surface area contributed by atoms with Crippen LogP contribution in [0.3, 0.4) is 0 Å². The first-order valence-electron chi connectivity index (χ1n) is 18.3. The Labute approximate surface area is 310 Å². The van der Waals surface area contributed by atoms with Gasteiger partial charge in [-0.15, -0.1) is 0 Å². The van der Waals surface area contributed by atoms with Crippen molar-refractivity contribution in [3.63, 3.8) is 0 Å². The summed E-state index contributed by atoms with van der Waals surface area (Å²) in [6.45, 7) is 4.68. The highest BCUT2D eigenvalue weighted by Gasteiger charge is 2.40. The minimum atomic E-state index is -0.207. The molecule has 0 radical (unpaired) electrons. The zero-order valence-electron chi connectivity index (χ0n) is 29.8. The summed E-state index contributed by atoms with van der Waals surface area (Å²) in [5.41, 5.74) is 17.2. The van der Waals surface area contributed by atoms with Crippen LogP contribution in [0.25, 0.3) is 66.4 Å². The zero-order chi connectivity index (χ0) is 35.5. The quantitative estimate of drug-likeness (QED) is 0.174. The maximum absolute atomic E-state index is 6.89. The molecule has 0 saturated carbocycles. The van der Waals surface area contributed by atoms with Gasteiger partial charge in [0.2, 0.25) is 0 Å². The van der Waals surface area contributed by atoms with Gasteiger partial charge in [0.25, 0.3) is 0 Å². The van der Waals surface area contributed by atoms with Crippen molar-refractivity contribution in [2.75, 3.05) is 4.90 Å². The van der Waals surface area contributed by atoms with E-state index in [1.54, 1.807) is 0 Å². The highest BCUT2D eigenvalue weighted by Crippen LogP contribution is 2.58. The zero-order valence-corrected chi connectivity index (χ0v) is 29.8. The van der Waals surface area contributed by atoms with Crippen LogP contribution in [0.4, 0.5) is 17.1 Å². The second kappa shape index (κ2) is 12.3. The number of para-hydroxylation sites is 1. The molecule has 2 nitrogen and oxygen atoms in total. The summed E-state index contributed by atoms with van der Waals surface area (Å²) in [4.78, 5) is 2.45. The van der Waals surface area contributed by atoms with Gasteiger partial charge in [0.05, 0.1) is 11.1 Å². The van der Waals surface area contributed by atoms with Crippen LogP contribution < -0.4 is 4.90 Å². The second-order valence-electron chi connectivity index (χ2n) is 14.5. The van der Waals surface area contributed by atoms with E-state index in [-0.39, 0.29) is 5.41 Å². The molecule has 0 spiro atoms. The number of nitrogens with zero attached hydrogens (tertiary/aromatic N) is 1. The molecule has 1 aromatic heterocycles. The molecule has 0 atom stereocenters. The number of hydrogen-bond acceptors (Lipinski definition) is 2. The van der Waals surface area contributed by atoms with Crippen molar-refractivity contribution in [1.29, 1.82) is 0 Å². The molecule has 9 aromatic rings. The molecule has 0 N–H and O–H groups in total. The molecule has 53 heavy (non-hydrogen) atoms. The van der Waals surface area contributed by atoms with Gasteiger partial charge in [-0.2, -0.15) is 0 Å². The van der Waals surface area contributed by atoms with Gasteiger partial charge in [0, 0.05) is 27.7 Å². The van der Waals surface area contributed by atoms with Crippen LogP contribution in [-0.4, -0.2) is 0 Å². The van der Waals surface area contributed by atoms with Crippen LogP contribution in [-0.2, 0) is 5.41 Å².